The average Bonchev–Trinajstić information content (AvgIpc) is 2.38. The molecule has 19 heavy (non-hydrogen) atoms. The second-order valence-corrected chi connectivity index (χ2v) is 5.21. The van der Waals surface area contributed by atoms with E-state index in [1.165, 1.54) is 0 Å². The van der Waals surface area contributed by atoms with E-state index in [1.807, 2.05) is 49.4 Å². The summed E-state index contributed by atoms with van der Waals surface area (Å²) >= 11 is 11.2. The van der Waals surface area contributed by atoms with Gasteiger partial charge in [0.25, 0.3) is 0 Å². The first kappa shape index (κ1) is 13.8. The lowest BCUT2D eigenvalue weighted by Crippen LogP contribution is -2.13. The third-order valence-electron chi connectivity index (χ3n) is 2.87. The number of benzene rings is 2. The van der Waals surface area contributed by atoms with Crippen molar-refractivity contribution < 1.29 is 0 Å². The summed E-state index contributed by atoms with van der Waals surface area (Å²) in [6, 6.07) is 13.7. The molecule has 0 fully saturated rings. The lowest BCUT2D eigenvalue weighted by Gasteiger charge is -2.12. The van der Waals surface area contributed by atoms with Crippen LogP contribution in [0, 0.1) is 6.92 Å². The summed E-state index contributed by atoms with van der Waals surface area (Å²) in [5, 5.41) is 4.08. The summed E-state index contributed by atoms with van der Waals surface area (Å²) in [6.07, 6.45) is 0. The van der Waals surface area contributed by atoms with Crippen molar-refractivity contribution in [1.82, 2.24) is 0 Å². The van der Waals surface area contributed by atoms with E-state index < -0.39 is 0 Å². The Bertz CT molecular complexity index is 611. The molecule has 2 rings (SSSR count). The Morgan fingerprint density at radius 1 is 1.26 bits per heavy atom. The van der Waals surface area contributed by atoms with Gasteiger partial charge in [-0.15, -0.1) is 0 Å². The third-order valence-corrected chi connectivity index (χ3v) is 3.46. The van der Waals surface area contributed by atoms with Crippen LogP contribution in [0.15, 0.2) is 42.5 Å². The molecule has 0 saturated heterocycles. The molecule has 0 saturated carbocycles. The first-order valence-electron chi connectivity index (χ1n) is 5.95. The van der Waals surface area contributed by atoms with Gasteiger partial charge in [0.05, 0.1) is 0 Å². The van der Waals surface area contributed by atoms with Gasteiger partial charge in [-0.25, -0.2) is 0 Å². The van der Waals surface area contributed by atoms with Gasteiger partial charge in [-0.05, 0) is 30.7 Å². The zero-order chi connectivity index (χ0) is 13.8. The zero-order valence-electron chi connectivity index (χ0n) is 10.6. The summed E-state index contributed by atoms with van der Waals surface area (Å²) in [7, 11) is 0. The summed E-state index contributed by atoms with van der Waals surface area (Å²) in [6.45, 7) is 2.65. The molecular weight excluding hydrogens is 276 g/mol. The Labute approximate surface area is 123 Å². The molecule has 4 heteroatoms. The van der Waals surface area contributed by atoms with Crippen LogP contribution in [0.4, 0.5) is 5.69 Å². The van der Waals surface area contributed by atoms with Gasteiger partial charge < -0.3 is 11.1 Å². The van der Waals surface area contributed by atoms with Gasteiger partial charge in [0.15, 0.2) is 0 Å². The van der Waals surface area contributed by atoms with Gasteiger partial charge in [-0.1, -0.05) is 53.6 Å². The van der Waals surface area contributed by atoms with Gasteiger partial charge >= 0.3 is 0 Å². The molecule has 0 aliphatic rings. The van der Waals surface area contributed by atoms with Crippen LogP contribution in [0.2, 0.25) is 5.02 Å². The van der Waals surface area contributed by atoms with Crippen LogP contribution in [-0.4, -0.2) is 4.99 Å². The molecule has 0 bridgehead atoms. The minimum absolute atomic E-state index is 0.394. The number of nitrogens with one attached hydrogen (secondary N) is 1. The number of aryl methyl sites for hydroxylation is 1. The molecule has 2 nitrogen and oxygen atoms in total. The molecule has 0 radical (unpaired) electrons. The number of rotatable bonds is 4. The van der Waals surface area contributed by atoms with Crippen molar-refractivity contribution in [3.8, 4) is 0 Å². The van der Waals surface area contributed by atoms with E-state index in [4.69, 9.17) is 29.6 Å². The molecule has 2 aromatic rings. The van der Waals surface area contributed by atoms with Crippen LogP contribution < -0.4 is 11.1 Å². The first-order chi connectivity index (χ1) is 9.08. The Hall–Kier alpha value is -1.58. The Kier molecular flexibility index (Phi) is 4.40. The van der Waals surface area contributed by atoms with E-state index in [2.05, 4.69) is 5.32 Å². The highest BCUT2D eigenvalue weighted by Crippen LogP contribution is 2.20. The smallest absolute Gasteiger partial charge is 0.106 e. The summed E-state index contributed by atoms with van der Waals surface area (Å²) in [5.74, 6) is 0. The predicted octanol–water partition coefficient (Wildman–Crippen LogP) is 3.89. The molecule has 0 heterocycles. The monoisotopic (exact) mass is 290 g/mol. The highest BCUT2D eigenvalue weighted by molar-refractivity contribution is 7.80. The fourth-order valence-electron chi connectivity index (χ4n) is 1.85. The van der Waals surface area contributed by atoms with Crippen molar-refractivity contribution in [2.45, 2.75) is 13.5 Å². The second kappa shape index (κ2) is 6.04. The minimum atomic E-state index is 0.394. The predicted molar refractivity (Wildman–Crippen MR) is 85.8 cm³/mol. The van der Waals surface area contributed by atoms with Crippen LogP contribution in [0.3, 0.4) is 0 Å². The SMILES string of the molecule is Cc1ccc(NCc2ccccc2Cl)c(C(N)=S)c1. The van der Waals surface area contributed by atoms with Crippen LogP contribution in [0.25, 0.3) is 0 Å². The van der Waals surface area contributed by atoms with Gasteiger partial charge in [0, 0.05) is 22.8 Å². The van der Waals surface area contributed by atoms with E-state index in [0.29, 0.717) is 11.5 Å². The maximum Gasteiger partial charge on any atom is 0.106 e. The Morgan fingerprint density at radius 2 is 2.00 bits per heavy atom. The van der Waals surface area contributed by atoms with E-state index in [0.717, 1.165) is 27.4 Å². The maximum absolute atomic E-state index is 6.13. The molecular formula is C15H15ClN2S. The summed E-state index contributed by atoms with van der Waals surface area (Å²) < 4.78 is 0. The summed E-state index contributed by atoms with van der Waals surface area (Å²) in [4.78, 5) is 0.394. The first-order valence-corrected chi connectivity index (χ1v) is 6.74. The lowest BCUT2D eigenvalue weighted by atomic mass is 10.1. The Morgan fingerprint density at radius 3 is 2.68 bits per heavy atom. The normalized spacial score (nSPS) is 10.2. The number of hydrogen-bond donors (Lipinski definition) is 2. The topological polar surface area (TPSA) is 38.0 Å². The second-order valence-electron chi connectivity index (χ2n) is 4.36. The summed E-state index contributed by atoms with van der Waals surface area (Å²) in [5.41, 5.74) is 9.71. The highest BCUT2D eigenvalue weighted by atomic mass is 35.5. The number of hydrogen-bond acceptors (Lipinski definition) is 2. The molecule has 0 aromatic heterocycles. The molecule has 98 valence electrons. The van der Waals surface area contributed by atoms with Crippen molar-refractivity contribution >= 4 is 34.5 Å². The third kappa shape index (κ3) is 3.46. The van der Waals surface area contributed by atoms with E-state index in [1.54, 1.807) is 0 Å². The minimum Gasteiger partial charge on any atom is -0.389 e. The van der Waals surface area contributed by atoms with Crippen LogP contribution in [-0.2, 0) is 6.54 Å². The number of nitrogens with two attached hydrogens (primary N) is 1. The van der Waals surface area contributed by atoms with Crippen molar-refractivity contribution in [3.05, 3.63) is 64.2 Å². The lowest BCUT2D eigenvalue weighted by molar-refractivity contribution is 1.15. The number of halogens is 1. The molecule has 0 aliphatic heterocycles. The maximum atomic E-state index is 6.13. The van der Waals surface area contributed by atoms with E-state index in [-0.39, 0.29) is 0 Å². The van der Waals surface area contributed by atoms with Crippen molar-refractivity contribution in [3.63, 3.8) is 0 Å². The molecule has 0 aliphatic carbocycles. The number of thiocarbonyl (C=S) groups is 1. The van der Waals surface area contributed by atoms with Crippen LogP contribution >= 0.6 is 23.8 Å². The fourth-order valence-corrected chi connectivity index (χ4v) is 2.22. The average molecular weight is 291 g/mol. The van der Waals surface area contributed by atoms with Gasteiger partial charge in [-0.3, -0.25) is 0 Å². The molecule has 0 amide bonds. The van der Waals surface area contributed by atoms with E-state index >= 15 is 0 Å². The molecule has 3 N–H and O–H groups in total. The molecule has 0 spiro atoms. The van der Waals surface area contributed by atoms with Gasteiger partial charge in [0.2, 0.25) is 0 Å². The molecule has 2 aromatic carbocycles. The van der Waals surface area contributed by atoms with Gasteiger partial charge in [0.1, 0.15) is 4.99 Å². The van der Waals surface area contributed by atoms with Crippen molar-refractivity contribution in [2.75, 3.05) is 5.32 Å². The quantitative estimate of drug-likeness (QED) is 0.839. The van der Waals surface area contributed by atoms with Crippen LogP contribution in [0.5, 0.6) is 0 Å². The van der Waals surface area contributed by atoms with Crippen molar-refractivity contribution in [1.29, 1.82) is 0 Å². The van der Waals surface area contributed by atoms with Crippen LogP contribution in [0.1, 0.15) is 16.7 Å². The molecule has 0 atom stereocenters. The van der Waals surface area contributed by atoms with Gasteiger partial charge in [-0.2, -0.15) is 0 Å². The fraction of sp³-hybridized carbons (Fsp3) is 0.133. The Balaban J connectivity index is 2.20. The standard InChI is InChI=1S/C15H15ClN2S/c1-10-6-7-14(12(8-10)15(17)19)18-9-11-4-2-3-5-13(11)16/h2-8,18H,9H2,1H3,(H2,17,19). The highest BCUT2D eigenvalue weighted by Gasteiger charge is 2.06. The number of anilines is 1. The largest absolute Gasteiger partial charge is 0.389 e. The molecule has 0 unspecified atom stereocenters. The van der Waals surface area contributed by atoms with Crippen molar-refractivity contribution in [2.24, 2.45) is 5.73 Å². The zero-order valence-corrected chi connectivity index (χ0v) is 12.2. The van der Waals surface area contributed by atoms with E-state index in [9.17, 15) is 0 Å².